The molecule has 1 rings (SSSR count). The predicted molar refractivity (Wildman–Crippen MR) is 63.7 cm³/mol. The third-order valence-electron chi connectivity index (χ3n) is 3.05. The van der Waals surface area contributed by atoms with Gasteiger partial charge in [-0.15, -0.1) is 0 Å². The van der Waals surface area contributed by atoms with Crippen molar-refractivity contribution >= 4 is 5.91 Å². The predicted octanol–water partition coefficient (Wildman–Crippen LogP) is 3.07. The maximum absolute atomic E-state index is 12.0. The lowest BCUT2D eigenvalue weighted by Crippen LogP contribution is -2.34. The van der Waals surface area contributed by atoms with E-state index in [0.29, 0.717) is 12.3 Å². The van der Waals surface area contributed by atoms with Crippen LogP contribution in [0.25, 0.3) is 0 Å². The highest BCUT2D eigenvalue weighted by Gasteiger charge is 2.22. The molecule has 0 aliphatic carbocycles. The van der Waals surface area contributed by atoms with E-state index in [1.807, 2.05) is 0 Å². The molecule has 1 aliphatic heterocycles. The topological polar surface area (TPSA) is 20.3 Å². The summed E-state index contributed by atoms with van der Waals surface area (Å²) in [5.74, 6) is 1.13. The number of hydrogen-bond acceptors (Lipinski definition) is 1. The Labute approximate surface area is 94.0 Å². The first-order valence-electron chi connectivity index (χ1n) is 6.16. The zero-order valence-corrected chi connectivity index (χ0v) is 10.7. The lowest BCUT2D eigenvalue weighted by atomic mass is 9.91. The number of likely N-dealkylation sites (tertiary alicyclic amines) is 1. The molecule has 0 aromatic heterocycles. The molecule has 1 fully saturated rings. The average molecular weight is 211 g/mol. The highest BCUT2D eigenvalue weighted by molar-refractivity contribution is 5.76. The van der Waals surface area contributed by atoms with E-state index in [2.05, 4.69) is 32.6 Å². The molecule has 0 spiro atoms. The van der Waals surface area contributed by atoms with Crippen LogP contribution in [-0.2, 0) is 4.79 Å². The van der Waals surface area contributed by atoms with Gasteiger partial charge in [0.05, 0.1) is 0 Å². The Morgan fingerprint density at radius 2 is 1.93 bits per heavy atom. The summed E-state index contributed by atoms with van der Waals surface area (Å²) < 4.78 is 0. The van der Waals surface area contributed by atoms with Crippen LogP contribution in [0.2, 0.25) is 0 Å². The minimum absolute atomic E-state index is 0.120. The van der Waals surface area contributed by atoms with Gasteiger partial charge in [-0.25, -0.2) is 0 Å². The summed E-state index contributed by atoms with van der Waals surface area (Å²) in [6.07, 6.45) is 4.31. The average Bonchev–Trinajstić information content (AvgIpc) is 2.26. The highest BCUT2D eigenvalue weighted by Crippen LogP contribution is 2.22. The van der Waals surface area contributed by atoms with Crippen molar-refractivity contribution in [3.8, 4) is 0 Å². The third kappa shape index (κ3) is 4.67. The monoisotopic (exact) mass is 211 g/mol. The molecule has 2 nitrogen and oxygen atoms in total. The number of amides is 1. The Bertz CT molecular complexity index is 217. The molecular weight excluding hydrogens is 186 g/mol. The summed E-state index contributed by atoms with van der Waals surface area (Å²) >= 11 is 0. The molecule has 0 aromatic carbocycles. The summed E-state index contributed by atoms with van der Waals surface area (Å²) in [6, 6.07) is 0. The van der Waals surface area contributed by atoms with Crippen molar-refractivity contribution < 1.29 is 4.79 Å². The molecule has 2 heteroatoms. The summed E-state index contributed by atoms with van der Waals surface area (Å²) in [5.41, 5.74) is 0.120. The van der Waals surface area contributed by atoms with Crippen molar-refractivity contribution in [1.82, 2.24) is 4.90 Å². The lowest BCUT2D eigenvalue weighted by Gasteiger charge is -2.25. The maximum atomic E-state index is 12.0. The van der Waals surface area contributed by atoms with Crippen molar-refractivity contribution in [3.05, 3.63) is 0 Å². The second kappa shape index (κ2) is 5.00. The Morgan fingerprint density at radius 1 is 1.27 bits per heavy atom. The summed E-state index contributed by atoms with van der Waals surface area (Å²) in [7, 11) is 0. The van der Waals surface area contributed by atoms with Gasteiger partial charge in [-0.05, 0) is 30.6 Å². The fourth-order valence-electron chi connectivity index (χ4n) is 2.08. The number of carbonyl (C=O) groups excluding carboxylic acids is 1. The van der Waals surface area contributed by atoms with Crippen molar-refractivity contribution in [3.63, 3.8) is 0 Å². The van der Waals surface area contributed by atoms with Crippen molar-refractivity contribution in [2.24, 2.45) is 11.3 Å². The van der Waals surface area contributed by atoms with Crippen LogP contribution in [0.3, 0.4) is 0 Å². The molecular formula is C13H25NO. The van der Waals surface area contributed by atoms with Crippen LogP contribution < -0.4 is 0 Å². The van der Waals surface area contributed by atoms with Gasteiger partial charge in [0.25, 0.3) is 0 Å². The van der Waals surface area contributed by atoms with Gasteiger partial charge in [0.15, 0.2) is 0 Å². The Hall–Kier alpha value is -0.530. The first kappa shape index (κ1) is 12.5. The number of rotatable bonds is 1. The lowest BCUT2D eigenvalue weighted by molar-refractivity contribution is -0.133. The quantitative estimate of drug-likeness (QED) is 0.652. The van der Waals surface area contributed by atoms with Gasteiger partial charge in [-0.3, -0.25) is 4.79 Å². The molecule has 0 N–H and O–H groups in total. The largest absolute Gasteiger partial charge is 0.343 e. The van der Waals surface area contributed by atoms with Gasteiger partial charge in [-0.1, -0.05) is 27.7 Å². The SMILES string of the molecule is C[C@@H]1CCCN(C(=O)CC(C)(C)C)CC1. The van der Waals surface area contributed by atoms with Crippen LogP contribution in [0.15, 0.2) is 0 Å². The van der Waals surface area contributed by atoms with E-state index in [4.69, 9.17) is 0 Å². The molecule has 0 aromatic rings. The first-order chi connectivity index (χ1) is 6.88. The van der Waals surface area contributed by atoms with Crippen LogP contribution in [0.5, 0.6) is 0 Å². The molecule has 0 unspecified atom stereocenters. The van der Waals surface area contributed by atoms with Gasteiger partial charge >= 0.3 is 0 Å². The molecule has 1 saturated heterocycles. The molecule has 1 heterocycles. The minimum Gasteiger partial charge on any atom is -0.343 e. The molecule has 1 aliphatic rings. The van der Waals surface area contributed by atoms with Crippen molar-refractivity contribution in [2.45, 2.75) is 53.4 Å². The zero-order valence-electron chi connectivity index (χ0n) is 10.7. The van der Waals surface area contributed by atoms with E-state index in [1.54, 1.807) is 0 Å². The fraction of sp³-hybridized carbons (Fsp3) is 0.923. The maximum Gasteiger partial charge on any atom is 0.223 e. The Morgan fingerprint density at radius 3 is 2.53 bits per heavy atom. The first-order valence-corrected chi connectivity index (χ1v) is 6.16. The van der Waals surface area contributed by atoms with Crippen molar-refractivity contribution in [1.29, 1.82) is 0 Å². The van der Waals surface area contributed by atoms with E-state index < -0.39 is 0 Å². The summed E-state index contributed by atoms with van der Waals surface area (Å²) in [5, 5.41) is 0. The van der Waals surface area contributed by atoms with Crippen LogP contribution in [0.1, 0.15) is 53.4 Å². The van der Waals surface area contributed by atoms with Gasteiger partial charge in [0, 0.05) is 19.5 Å². The summed E-state index contributed by atoms with van der Waals surface area (Å²) in [6.45, 7) is 10.6. The standard InChI is InChI=1S/C13H25NO/c1-11-6-5-8-14(9-7-11)12(15)10-13(2,3)4/h11H,5-10H2,1-4H3/t11-/m1/s1. The normalized spacial score (nSPS) is 23.7. The molecule has 15 heavy (non-hydrogen) atoms. The van der Waals surface area contributed by atoms with E-state index in [9.17, 15) is 4.79 Å². The molecule has 1 amide bonds. The molecule has 0 saturated carbocycles. The van der Waals surface area contributed by atoms with Crippen molar-refractivity contribution in [2.75, 3.05) is 13.1 Å². The van der Waals surface area contributed by atoms with E-state index in [1.165, 1.54) is 19.3 Å². The van der Waals surface area contributed by atoms with Crippen LogP contribution in [0.4, 0.5) is 0 Å². The van der Waals surface area contributed by atoms with Crippen LogP contribution >= 0.6 is 0 Å². The van der Waals surface area contributed by atoms with Gasteiger partial charge in [0.1, 0.15) is 0 Å². The third-order valence-corrected chi connectivity index (χ3v) is 3.05. The van der Waals surface area contributed by atoms with Gasteiger partial charge < -0.3 is 4.90 Å². The molecule has 88 valence electrons. The van der Waals surface area contributed by atoms with E-state index in [-0.39, 0.29) is 5.41 Å². The van der Waals surface area contributed by atoms with Gasteiger partial charge in [0.2, 0.25) is 5.91 Å². The molecule has 0 radical (unpaired) electrons. The number of nitrogens with zero attached hydrogens (tertiary/aromatic N) is 1. The minimum atomic E-state index is 0.120. The molecule has 1 atom stereocenters. The Balaban J connectivity index is 2.45. The smallest absolute Gasteiger partial charge is 0.223 e. The number of carbonyl (C=O) groups is 1. The second-order valence-corrected chi connectivity index (χ2v) is 6.15. The van der Waals surface area contributed by atoms with Crippen LogP contribution in [-0.4, -0.2) is 23.9 Å². The van der Waals surface area contributed by atoms with Gasteiger partial charge in [-0.2, -0.15) is 0 Å². The van der Waals surface area contributed by atoms with Crippen LogP contribution in [0, 0.1) is 11.3 Å². The highest BCUT2D eigenvalue weighted by atomic mass is 16.2. The fourth-order valence-corrected chi connectivity index (χ4v) is 2.08. The zero-order chi connectivity index (χ0) is 11.5. The summed E-state index contributed by atoms with van der Waals surface area (Å²) in [4.78, 5) is 14.1. The second-order valence-electron chi connectivity index (χ2n) is 6.15. The molecule has 0 bridgehead atoms. The number of hydrogen-bond donors (Lipinski definition) is 0. The van der Waals surface area contributed by atoms with E-state index in [0.717, 1.165) is 19.0 Å². The Kier molecular flexibility index (Phi) is 4.18. The van der Waals surface area contributed by atoms with E-state index >= 15 is 0 Å².